The van der Waals surface area contributed by atoms with Gasteiger partial charge in [0.15, 0.2) is 11.5 Å². The van der Waals surface area contributed by atoms with Crippen LogP contribution in [0.5, 0.6) is 11.5 Å². The second-order valence-electron chi connectivity index (χ2n) is 3.23. The smallest absolute Gasteiger partial charge is 0.168 e. The Bertz CT molecular complexity index is 384. The van der Waals surface area contributed by atoms with E-state index in [1.807, 2.05) is 0 Å². The first-order chi connectivity index (χ1) is 7.24. The van der Waals surface area contributed by atoms with Gasteiger partial charge in [-0.1, -0.05) is 0 Å². The Morgan fingerprint density at radius 3 is 2.87 bits per heavy atom. The van der Waals surface area contributed by atoms with Crippen LogP contribution in [0.4, 0.5) is 4.39 Å². The minimum absolute atomic E-state index is 0.0942. The van der Waals surface area contributed by atoms with Crippen molar-refractivity contribution in [3.8, 4) is 11.5 Å². The van der Waals surface area contributed by atoms with E-state index in [2.05, 4.69) is 15.9 Å². The Balaban J connectivity index is 2.56. The number of ether oxygens (including phenoxy) is 2. The molecule has 0 bridgehead atoms. The van der Waals surface area contributed by atoms with Gasteiger partial charge in [-0.25, -0.2) is 4.39 Å². The van der Waals surface area contributed by atoms with Crippen LogP contribution in [0.15, 0.2) is 10.5 Å². The van der Waals surface area contributed by atoms with Gasteiger partial charge < -0.3 is 15.2 Å². The van der Waals surface area contributed by atoms with E-state index in [1.165, 1.54) is 0 Å². The summed E-state index contributed by atoms with van der Waals surface area (Å²) in [6, 6.07) is 1.58. The zero-order valence-corrected chi connectivity index (χ0v) is 9.64. The monoisotopic (exact) mass is 275 g/mol. The van der Waals surface area contributed by atoms with E-state index in [4.69, 9.17) is 15.2 Å². The standard InChI is InChI=1S/C10H11BrFNO2/c11-7-4-8-10(6(5-13)9(7)12)15-3-1-2-14-8/h4H,1-3,5,13H2. The van der Waals surface area contributed by atoms with Crippen LogP contribution in [0.1, 0.15) is 12.0 Å². The van der Waals surface area contributed by atoms with Gasteiger partial charge >= 0.3 is 0 Å². The number of rotatable bonds is 1. The van der Waals surface area contributed by atoms with Crippen LogP contribution in [0.25, 0.3) is 0 Å². The minimum atomic E-state index is -0.373. The fourth-order valence-electron chi connectivity index (χ4n) is 1.50. The topological polar surface area (TPSA) is 44.5 Å². The van der Waals surface area contributed by atoms with Crippen molar-refractivity contribution in [1.29, 1.82) is 0 Å². The molecule has 82 valence electrons. The molecular weight excluding hydrogens is 265 g/mol. The predicted molar refractivity (Wildman–Crippen MR) is 57.6 cm³/mol. The van der Waals surface area contributed by atoms with E-state index in [0.717, 1.165) is 6.42 Å². The molecule has 3 nitrogen and oxygen atoms in total. The fraction of sp³-hybridized carbons (Fsp3) is 0.400. The predicted octanol–water partition coefficient (Wildman–Crippen LogP) is 2.21. The number of benzene rings is 1. The fourth-order valence-corrected chi connectivity index (χ4v) is 1.95. The summed E-state index contributed by atoms with van der Waals surface area (Å²) in [5.74, 6) is 0.624. The van der Waals surface area contributed by atoms with E-state index < -0.39 is 0 Å². The molecule has 0 spiro atoms. The van der Waals surface area contributed by atoms with Crippen molar-refractivity contribution in [3.63, 3.8) is 0 Å². The van der Waals surface area contributed by atoms with Crippen LogP contribution in [0, 0.1) is 5.82 Å². The third-order valence-corrected chi connectivity index (χ3v) is 2.80. The molecule has 2 rings (SSSR count). The average molecular weight is 276 g/mol. The van der Waals surface area contributed by atoms with E-state index in [-0.39, 0.29) is 12.4 Å². The third kappa shape index (κ3) is 1.94. The summed E-state index contributed by atoms with van der Waals surface area (Å²) in [6.07, 6.45) is 0.790. The van der Waals surface area contributed by atoms with E-state index >= 15 is 0 Å². The highest BCUT2D eigenvalue weighted by molar-refractivity contribution is 9.10. The number of hydrogen-bond acceptors (Lipinski definition) is 3. The summed E-state index contributed by atoms with van der Waals surface area (Å²) < 4.78 is 24.9. The molecule has 1 aromatic rings. The molecule has 1 aliphatic heterocycles. The normalized spacial score (nSPS) is 14.9. The maximum Gasteiger partial charge on any atom is 0.168 e. The molecule has 0 atom stereocenters. The first-order valence-electron chi connectivity index (χ1n) is 4.70. The summed E-state index contributed by atoms with van der Waals surface area (Å²) in [4.78, 5) is 0. The first kappa shape index (κ1) is 10.7. The Kier molecular flexibility index (Phi) is 3.11. The molecule has 0 saturated carbocycles. The molecule has 0 radical (unpaired) electrons. The molecule has 1 aromatic carbocycles. The summed E-state index contributed by atoms with van der Waals surface area (Å²) >= 11 is 3.13. The highest BCUT2D eigenvalue weighted by Gasteiger charge is 2.20. The van der Waals surface area contributed by atoms with Gasteiger partial charge in [-0.3, -0.25) is 0 Å². The lowest BCUT2D eigenvalue weighted by molar-refractivity contribution is 0.296. The zero-order valence-electron chi connectivity index (χ0n) is 8.06. The molecule has 5 heteroatoms. The molecule has 0 aromatic heterocycles. The van der Waals surface area contributed by atoms with Gasteiger partial charge in [0, 0.05) is 24.6 Å². The molecule has 0 unspecified atom stereocenters. The minimum Gasteiger partial charge on any atom is -0.490 e. The lowest BCUT2D eigenvalue weighted by Gasteiger charge is -2.13. The molecule has 2 N–H and O–H groups in total. The second kappa shape index (κ2) is 4.37. The van der Waals surface area contributed by atoms with Crippen LogP contribution in [-0.2, 0) is 6.54 Å². The maximum absolute atomic E-state index is 13.7. The van der Waals surface area contributed by atoms with Gasteiger partial charge in [-0.2, -0.15) is 0 Å². The van der Waals surface area contributed by atoms with Crippen LogP contribution < -0.4 is 15.2 Å². The van der Waals surface area contributed by atoms with E-state index in [0.29, 0.717) is 34.7 Å². The Morgan fingerprint density at radius 2 is 2.13 bits per heavy atom. The molecule has 1 heterocycles. The van der Waals surface area contributed by atoms with Gasteiger partial charge in [0.25, 0.3) is 0 Å². The van der Waals surface area contributed by atoms with Crippen molar-refractivity contribution in [2.45, 2.75) is 13.0 Å². The van der Waals surface area contributed by atoms with Crippen LogP contribution in [0.2, 0.25) is 0 Å². The Hall–Kier alpha value is -0.810. The molecule has 0 aliphatic carbocycles. The molecule has 0 saturated heterocycles. The van der Waals surface area contributed by atoms with Gasteiger partial charge in [-0.15, -0.1) is 0 Å². The second-order valence-corrected chi connectivity index (χ2v) is 4.09. The Labute approximate surface area is 95.5 Å². The summed E-state index contributed by atoms with van der Waals surface area (Å²) in [7, 11) is 0. The number of fused-ring (bicyclic) bond motifs is 1. The zero-order chi connectivity index (χ0) is 10.8. The number of nitrogens with two attached hydrogens (primary N) is 1. The Morgan fingerprint density at radius 1 is 1.40 bits per heavy atom. The van der Waals surface area contributed by atoms with E-state index in [1.54, 1.807) is 6.07 Å². The van der Waals surface area contributed by atoms with Crippen molar-refractivity contribution in [3.05, 3.63) is 21.9 Å². The highest BCUT2D eigenvalue weighted by Crippen LogP contribution is 2.38. The van der Waals surface area contributed by atoms with Crippen molar-refractivity contribution in [2.75, 3.05) is 13.2 Å². The van der Waals surface area contributed by atoms with Crippen molar-refractivity contribution in [1.82, 2.24) is 0 Å². The number of halogens is 2. The van der Waals surface area contributed by atoms with Crippen molar-refractivity contribution < 1.29 is 13.9 Å². The van der Waals surface area contributed by atoms with Crippen LogP contribution in [0.3, 0.4) is 0 Å². The van der Waals surface area contributed by atoms with Gasteiger partial charge in [0.05, 0.1) is 17.7 Å². The third-order valence-electron chi connectivity index (χ3n) is 2.23. The summed E-state index contributed by atoms with van der Waals surface area (Å²) in [5.41, 5.74) is 5.86. The SMILES string of the molecule is NCc1c(F)c(Br)cc2c1OCCCO2. The average Bonchev–Trinajstić information content (AvgIpc) is 2.45. The molecular formula is C10H11BrFNO2. The molecule has 15 heavy (non-hydrogen) atoms. The summed E-state index contributed by atoms with van der Waals surface area (Å²) in [6.45, 7) is 1.20. The lowest BCUT2D eigenvalue weighted by atomic mass is 10.1. The van der Waals surface area contributed by atoms with Gasteiger partial charge in [0.1, 0.15) is 5.82 Å². The molecule has 0 amide bonds. The van der Waals surface area contributed by atoms with E-state index in [9.17, 15) is 4.39 Å². The van der Waals surface area contributed by atoms with Gasteiger partial charge in [0.2, 0.25) is 0 Å². The number of hydrogen-bond donors (Lipinski definition) is 1. The lowest BCUT2D eigenvalue weighted by Crippen LogP contribution is -2.05. The molecule has 0 fully saturated rings. The summed E-state index contributed by atoms with van der Waals surface area (Å²) in [5, 5.41) is 0. The van der Waals surface area contributed by atoms with Crippen LogP contribution >= 0.6 is 15.9 Å². The van der Waals surface area contributed by atoms with Gasteiger partial charge in [-0.05, 0) is 15.9 Å². The van der Waals surface area contributed by atoms with Crippen molar-refractivity contribution in [2.24, 2.45) is 5.73 Å². The largest absolute Gasteiger partial charge is 0.490 e. The van der Waals surface area contributed by atoms with Crippen LogP contribution in [-0.4, -0.2) is 13.2 Å². The quantitative estimate of drug-likeness (QED) is 0.855. The maximum atomic E-state index is 13.7. The van der Waals surface area contributed by atoms with Crippen molar-refractivity contribution >= 4 is 15.9 Å². The molecule has 1 aliphatic rings. The highest BCUT2D eigenvalue weighted by atomic mass is 79.9. The first-order valence-corrected chi connectivity index (χ1v) is 5.50.